The number of carbonyl (C=O) groups excluding carboxylic acids is 2. The quantitative estimate of drug-likeness (QED) is 0.126. The van der Waals surface area contributed by atoms with E-state index in [4.69, 9.17) is 5.73 Å². The second-order valence-electron chi connectivity index (χ2n) is 16.8. The van der Waals surface area contributed by atoms with Crippen molar-refractivity contribution in [3.05, 3.63) is 162 Å². The van der Waals surface area contributed by atoms with Crippen LogP contribution in [0, 0.1) is 26.7 Å². The van der Waals surface area contributed by atoms with Crippen molar-refractivity contribution in [2.24, 2.45) is 11.7 Å². The summed E-state index contributed by atoms with van der Waals surface area (Å²) in [7, 11) is -11.2. The Labute approximate surface area is 422 Å². The van der Waals surface area contributed by atoms with Gasteiger partial charge in [-0.1, -0.05) is 72.4 Å². The molecule has 1 fully saturated rings. The lowest BCUT2D eigenvalue weighted by Crippen LogP contribution is -2.31. The first-order valence-corrected chi connectivity index (χ1v) is 26.7. The number of carbonyl (C=O) groups is 2. The van der Waals surface area contributed by atoms with Gasteiger partial charge in [-0.15, -0.1) is 12.4 Å². The monoisotopic (exact) mass is 1050 g/mol. The van der Waals surface area contributed by atoms with Crippen LogP contribution in [0.5, 0.6) is 0 Å². The van der Waals surface area contributed by atoms with Gasteiger partial charge in [0, 0.05) is 31.1 Å². The summed E-state index contributed by atoms with van der Waals surface area (Å²) in [6.45, 7) is 6.24. The second-order valence-corrected chi connectivity index (χ2v) is 22.3. The Morgan fingerprint density at radius 2 is 0.944 bits per heavy atom. The fraction of sp³-hybridized carbons (Fsp3) is 0.224. The molecule has 23 heteroatoms. The van der Waals surface area contributed by atoms with E-state index in [9.17, 15) is 34.8 Å². The number of amides is 1. The molecule has 3 aromatic carbocycles. The van der Waals surface area contributed by atoms with Crippen molar-refractivity contribution in [2.45, 2.75) is 80.7 Å². The summed E-state index contributed by atoms with van der Waals surface area (Å²) < 4.78 is 79.7. The molecule has 1 amide bonds. The molecule has 9 aromatic rings. The largest absolute Gasteiger partial charge is 0.350 e. The molecule has 10 rings (SSSR count). The summed E-state index contributed by atoms with van der Waals surface area (Å²) in [6, 6.07) is 24.7. The maximum absolute atomic E-state index is 12.9. The molecular weight excluding hydrogens is 1000 g/mol. The minimum Gasteiger partial charge on any atom is -0.350 e. The summed E-state index contributed by atoms with van der Waals surface area (Å²) in [6.07, 6.45) is 14.4. The van der Waals surface area contributed by atoms with Crippen molar-refractivity contribution in [1.82, 2.24) is 47.1 Å². The first-order chi connectivity index (χ1) is 34.0. The number of hydrogen-bond donors (Lipinski definition) is 2. The van der Waals surface area contributed by atoms with Crippen LogP contribution in [-0.4, -0.2) is 79.3 Å². The Kier molecular flexibility index (Phi) is 16.1. The number of aldehydes is 1. The van der Waals surface area contributed by atoms with Gasteiger partial charge in [0.1, 0.15) is 22.2 Å². The highest BCUT2D eigenvalue weighted by molar-refractivity contribution is 7.90. The van der Waals surface area contributed by atoms with Crippen LogP contribution in [0.2, 0.25) is 0 Å². The van der Waals surface area contributed by atoms with E-state index >= 15 is 0 Å². The summed E-state index contributed by atoms with van der Waals surface area (Å²) in [5.41, 5.74) is 12.0. The van der Waals surface area contributed by atoms with Gasteiger partial charge in [0.05, 0.1) is 51.2 Å². The van der Waals surface area contributed by atoms with Crippen molar-refractivity contribution in [1.29, 1.82) is 0 Å². The Morgan fingerprint density at radius 1 is 0.569 bits per heavy atom. The molecule has 0 aliphatic heterocycles. The minimum absolute atomic E-state index is 0. The zero-order valence-electron chi connectivity index (χ0n) is 39.2. The van der Waals surface area contributed by atoms with Gasteiger partial charge in [0.25, 0.3) is 30.1 Å². The molecule has 19 nitrogen and oxygen atoms in total. The number of aryl methyl sites for hydroxylation is 3. The number of nitrogens with two attached hydrogens (primary N) is 1. The van der Waals surface area contributed by atoms with Crippen molar-refractivity contribution in [2.75, 3.05) is 0 Å². The molecule has 6 aromatic heterocycles. The lowest BCUT2D eigenvalue weighted by atomic mass is 9.89. The van der Waals surface area contributed by atoms with Crippen LogP contribution in [0.25, 0.3) is 33.5 Å². The van der Waals surface area contributed by atoms with Gasteiger partial charge in [0.15, 0.2) is 23.2 Å². The number of nitrogens with zero attached hydrogens (tertiary/aromatic N) is 9. The average Bonchev–Trinajstić information content (AvgIpc) is 4.14. The SMILES string of the molecule is Cc1ccc(S(=O)(=O)n2ccc3nc(C=O)cnc32)cc1.Cc1ccc(S(=O)(=O)n2ccc3nc(CN)cnc32)cc1.Cc1ccc(S(=O)(=O)n2ccc3nc(CNC(=O)C4CCCCC4)cnc32)cc1.Cl. The van der Waals surface area contributed by atoms with Crippen LogP contribution in [0.4, 0.5) is 0 Å². The van der Waals surface area contributed by atoms with E-state index in [0.29, 0.717) is 39.9 Å². The molecule has 3 N–H and O–H groups in total. The van der Waals surface area contributed by atoms with Gasteiger partial charge >= 0.3 is 0 Å². The zero-order chi connectivity index (χ0) is 50.5. The highest BCUT2D eigenvalue weighted by atomic mass is 35.5. The molecule has 374 valence electrons. The van der Waals surface area contributed by atoms with E-state index < -0.39 is 30.1 Å². The van der Waals surface area contributed by atoms with Crippen LogP contribution < -0.4 is 11.1 Å². The normalized spacial score (nSPS) is 13.1. The van der Waals surface area contributed by atoms with E-state index in [1.54, 1.807) is 84.9 Å². The van der Waals surface area contributed by atoms with Crippen LogP contribution in [-0.2, 0) is 48.0 Å². The molecule has 0 spiro atoms. The molecule has 72 heavy (non-hydrogen) atoms. The maximum Gasteiger partial charge on any atom is 0.269 e. The standard InChI is InChI=1S/C21H24N4O3S.C14H14N4O2S.C14H11N3O3S.ClH/c1-15-7-9-18(10-8-15)29(27,28)25-12-11-19-20(25)22-13-17(24-19)14-23-21(26)16-5-3-2-4-6-16;1-10-2-4-12(5-3-10)21(19,20)18-7-6-13-14(18)16-9-11(8-15)17-13;1-10-2-4-12(5-3-10)21(19,20)17-7-6-13-14(17)15-8-11(9-18)16-13;/h7-13,16H,2-6,14H2,1H3,(H,23,26);2-7,9H,8,15H2,1H3;2-9H,1H3;1H. The van der Waals surface area contributed by atoms with E-state index in [-0.39, 0.29) is 69.0 Å². The highest BCUT2D eigenvalue weighted by Gasteiger charge is 2.24. The Bertz CT molecular complexity index is 3750. The number of halogens is 1. The van der Waals surface area contributed by atoms with Crippen molar-refractivity contribution >= 4 is 88.2 Å². The summed E-state index contributed by atoms with van der Waals surface area (Å²) in [4.78, 5) is 48.8. The van der Waals surface area contributed by atoms with E-state index in [0.717, 1.165) is 54.3 Å². The molecule has 0 unspecified atom stereocenters. The smallest absolute Gasteiger partial charge is 0.269 e. The highest BCUT2D eigenvalue weighted by Crippen LogP contribution is 2.25. The Morgan fingerprint density at radius 3 is 1.35 bits per heavy atom. The topological polar surface area (TPSA) is 267 Å². The molecule has 0 saturated heterocycles. The number of fused-ring (bicyclic) bond motifs is 3. The Balaban J connectivity index is 0.000000160. The Hall–Kier alpha value is -7.24. The van der Waals surface area contributed by atoms with Crippen molar-refractivity contribution in [3.8, 4) is 0 Å². The fourth-order valence-electron chi connectivity index (χ4n) is 7.73. The molecule has 6 heterocycles. The lowest BCUT2D eigenvalue weighted by molar-refractivity contribution is -0.126. The van der Waals surface area contributed by atoms with Gasteiger partial charge in [-0.25, -0.2) is 67.1 Å². The number of aromatic nitrogens is 9. The van der Waals surface area contributed by atoms with E-state index in [1.807, 2.05) is 20.8 Å². The predicted octanol–water partition coefficient (Wildman–Crippen LogP) is 6.82. The molecule has 0 bridgehead atoms. The summed E-state index contributed by atoms with van der Waals surface area (Å²) in [5, 5.41) is 2.94. The molecule has 1 aliphatic rings. The maximum atomic E-state index is 12.9. The first kappa shape index (κ1) is 52.6. The summed E-state index contributed by atoms with van der Waals surface area (Å²) >= 11 is 0. The van der Waals surface area contributed by atoms with Crippen LogP contribution in [0.3, 0.4) is 0 Å². The first-order valence-electron chi connectivity index (χ1n) is 22.4. The fourth-order valence-corrected chi connectivity index (χ4v) is 11.6. The van der Waals surface area contributed by atoms with Gasteiger partial charge in [-0.2, -0.15) is 0 Å². The van der Waals surface area contributed by atoms with E-state index in [1.165, 1.54) is 49.7 Å². The van der Waals surface area contributed by atoms with Gasteiger partial charge in [-0.05, 0) is 88.2 Å². The number of nitrogens with one attached hydrogen (secondary N) is 1. The van der Waals surface area contributed by atoms with Crippen LogP contribution in [0.15, 0.2) is 143 Å². The third-order valence-corrected chi connectivity index (χ3v) is 16.7. The third kappa shape index (κ3) is 11.3. The van der Waals surface area contributed by atoms with Crippen molar-refractivity contribution < 1.29 is 34.8 Å². The summed E-state index contributed by atoms with van der Waals surface area (Å²) in [5.74, 6) is 0.146. The van der Waals surface area contributed by atoms with E-state index in [2.05, 4.69) is 35.2 Å². The molecular formula is C49H50ClN11O8S3. The average molecular weight is 1050 g/mol. The molecule has 1 aliphatic carbocycles. The molecule has 1 saturated carbocycles. The molecule has 0 radical (unpaired) electrons. The van der Waals surface area contributed by atoms with Gasteiger partial charge < -0.3 is 11.1 Å². The minimum atomic E-state index is -3.75. The number of benzene rings is 3. The number of rotatable bonds is 11. The lowest BCUT2D eigenvalue weighted by Gasteiger charge is -2.20. The predicted molar refractivity (Wildman–Crippen MR) is 273 cm³/mol. The van der Waals surface area contributed by atoms with Crippen LogP contribution in [0.1, 0.15) is 70.7 Å². The third-order valence-electron chi connectivity index (χ3n) is 11.7. The van der Waals surface area contributed by atoms with Gasteiger partial charge in [0.2, 0.25) is 5.91 Å². The number of hydrogen-bond acceptors (Lipinski definition) is 15. The van der Waals surface area contributed by atoms with Crippen molar-refractivity contribution in [3.63, 3.8) is 0 Å². The van der Waals surface area contributed by atoms with Crippen LogP contribution >= 0.6 is 12.4 Å². The molecule has 0 atom stereocenters. The van der Waals surface area contributed by atoms with Gasteiger partial charge in [-0.3, -0.25) is 9.59 Å². The zero-order valence-corrected chi connectivity index (χ0v) is 42.5. The second kappa shape index (κ2) is 22.0.